The van der Waals surface area contributed by atoms with Gasteiger partial charge in [-0.05, 0) is 94.4 Å². The lowest BCUT2D eigenvalue weighted by molar-refractivity contribution is -0.127. The van der Waals surface area contributed by atoms with E-state index in [2.05, 4.69) is 10.0 Å². The van der Waals surface area contributed by atoms with Crippen LogP contribution in [-0.2, 0) is 26.0 Å². The summed E-state index contributed by atoms with van der Waals surface area (Å²) in [6.07, 6.45) is 10.6. The summed E-state index contributed by atoms with van der Waals surface area (Å²) in [6, 6.07) is 5.57. The molecule has 0 saturated heterocycles. The highest BCUT2D eigenvalue weighted by atomic mass is 32.2. The van der Waals surface area contributed by atoms with E-state index in [9.17, 15) is 18.0 Å². The third kappa shape index (κ3) is 5.03. The molecule has 2 amide bonds. The van der Waals surface area contributed by atoms with Crippen LogP contribution in [0.4, 0.5) is 5.69 Å². The Balaban J connectivity index is 1.14. The fourth-order valence-electron chi connectivity index (χ4n) is 5.97. The summed E-state index contributed by atoms with van der Waals surface area (Å²) in [4.78, 5) is 27.3. The lowest BCUT2D eigenvalue weighted by atomic mass is 9.81. The molecule has 3 saturated carbocycles. The Hall–Kier alpha value is -1.93. The van der Waals surface area contributed by atoms with Crippen LogP contribution in [-0.4, -0.2) is 38.9 Å². The monoisotopic (exact) mass is 487 g/mol. The third-order valence-electron chi connectivity index (χ3n) is 8.22. The molecule has 4 aliphatic rings. The molecule has 8 heteroatoms. The van der Waals surface area contributed by atoms with Crippen LogP contribution in [0.3, 0.4) is 0 Å². The molecule has 1 heterocycles. The Morgan fingerprint density at radius 2 is 1.65 bits per heavy atom. The molecule has 34 heavy (non-hydrogen) atoms. The fraction of sp³-hybridized carbons (Fsp3) is 0.692. The summed E-state index contributed by atoms with van der Waals surface area (Å²) in [5, 5.41) is 3.21. The Morgan fingerprint density at radius 3 is 2.32 bits per heavy atom. The van der Waals surface area contributed by atoms with E-state index in [1.165, 1.54) is 12.8 Å². The minimum absolute atomic E-state index is 0.0634. The zero-order valence-electron chi connectivity index (χ0n) is 20.1. The first-order valence-corrected chi connectivity index (χ1v) is 14.6. The molecule has 7 nitrogen and oxygen atoms in total. The maximum absolute atomic E-state index is 13.0. The Kier molecular flexibility index (Phi) is 6.73. The average molecular weight is 488 g/mol. The van der Waals surface area contributed by atoms with Crippen molar-refractivity contribution in [3.8, 4) is 0 Å². The number of carbonyl (C=O) groups is 2. The topological polar surface area (TPSA) is 95.6 Å². The first-order chi connectivity index (χ1) is 16.3. The number of anilines is 1. The summed E-state index contributed by atoms with van der Waals surface area (Å²) >= 11 is 0. The van der Waals surface area contributed by atoms with Crippen LogP contribution < -0.4 is 14.9 Å². The van der Waals surface area contributed by atoms with Gasteiger partial charge in [0.1, 0.15) is 0 Å². The minimum Gasteiger partial charge on any atom is -0.353 e. The van der Waals surface area contributed by atoms with Crippen LogP contribution in [0.5, 0.6) is 0 Å². The van der Waals surface area contributed by atoms with E-state index >= 15 is 0 Å². The van der Waals surface area contributed by atoms with Gasteiger partial charge in [0.25, 0.3) is 0 Å². The van der Waals surface area contributed by atoms with Crippen molar-refractivity contribution in [1.82, 2.24) is 10.0 Å². The largest absolute Gasteiger partial charge is 0.353 e. The van der Waals surface area contributed by atoms with Gasteiger partial charge in [0.2, 0.25) is 21.8 Å². The number of fused-ring (bicyclic) bond motifs is 1. The molecule has 0 spiro atoms. The van der Waals surface area contributed by atoms with E-state index in [1.807, 2.05) is 11.8 Å². The number of amides is 2. The van der Waals surface area contributed by atoms with Crippen molar-refractivity contribution in [3.63, 3.8) is 0 Å². The van der Waals surface area contributed by atoms with Gasteiger partial charge in [-0.2, -0.15) is 0 Å². The normalized spacial score (nSPS) is 27.6. The highest BCUT2D eigenvalue weighted by molar-refractivity contribution is 7.89. The summed E-state index contributed by atoms with van der Waals surface area (Å²) in [6.45, 7) is 2.43. The van der Waals surface area contributed by atoms with Gasteiger partial charge in [-0.25, -0.2) is 13.1 Å². The maximum Gasteiger partial charge on any atom is 0.240 e. The number of hydrogen-bond acceptors (Lipinski definition) is 4. The Morgan fingerprint density at radius 1 is 0.971 bits per heavy atom. The van der Waals surface area contributed by atoms with Gasteiger partial charge < -0.3 is 10.2 Å². The summed E-state index contributed by atoms with van der Waals surface area (Å²) in [5.74, 6) is 0.822. The molecular formula is C26H37N3O4S. The van der Waals surface area contributed by atoms with Crippen molar-refractivity contribution >= 4 is 27.5 Å². The zero-order valence-corrected chi connectivity index (χ0v) is 20.9. The van der Waals surface area contributed by atoms with Gasteiger partial charge in [0.15, 0.2) is 0 Å². The van der Waals surface area contributed by atoms with Crippen molar-refractivity contribution < 1.29 is 18.0 Å². The molecule has 0 radical (unpaired) electrons. The minimum atomic E-state index is -3.62. The standard InChI is InChI=1S/C26H37N3O4S/c1-17-14-21-15-23(12-13-24(21)29(17)26(31)20-10-11-20)34(32,33)27-16-18-6-8-19(9-7-18)25(30)28-22-4-2-3-5-22/h12-13,15,17-20,22,27H,2-11,14,16H2,1H3,(H,28,30)/t17-,18?,19?/m0/s1. The number of hydrogen-bond donors (Lipinski definition) is 2. The van der Waals surface area contributed by atoms with Crippen LogP contribution in [0.15, 0.2) is 23.1 Å². The second kappa shape index (κ2) is 9.61. The number of sulfonamides is 1. The number of nitrogens with zero attached hydrogens (tertiary/aromatic N) is 1. The van der Waals surface area contributed by atoms with E-state index in [1.54, 1.807) is 18.2 Å². The highest BCUT2D eigenvalue weighted by Crippen LogP contribution is 2.39. The van der Waals surface area contributed by atoms with E-state index in [-0.39, 0.29) is 40.5 Å². The molecule has 1 aromatic rings. The van der Waals surface area contributed by atoms with Crippen molar-refractivity contribution in [2.24, 2.45) is 17.8 Å². The Labute approximate surface area is 203 Å². The fourth-order valence-corrected chi connectivity index (χ4v) is 7.13. The number of carbonyl (C=O) groups excluding carboxylic acids is 2. The Bertz CT molecular complexity index is 1040. The number of benzene rings is 1. The third-order valence-corrected chi connectivity index (χ3v) is 9.64. The van der Waals surface area contributed by atoms with Gasteiger partial charge >= 0.3 is 0 Å². The van der Waals surface area contributed by atoms with Gasteiger partial charge in [-0.1, -0.05) is 12.8 Å². The lowest BCUT2D eigenvalue weighted by Gasteiger charge is -2.28. The van der Waals surface area contributed by atoms with Crippen molar-refractivity contribution in [1.29, 1.82) is 0 Å². The van der Waals surface area contributed by atoms with E-state index in [0.29, 0.717) is 19.0 Å². The van der Waals surface area contributed by atoms with Crippen LogP contribution in [0.25, 0.3) is 0 Å². The maximum atomic E-state index is 13.0. The van der Waals surface area contributed by atoms with Crippen LogP contribution >= 0.6 is 0 Å². The second-order valence-electron chi connectivity index (χ2n) is 10.9. The SMILES string of the molecule is C[C@H]1Cc2cc(S(=O)(=O)NCC3CCC(C(=O)NC4CCCC4)CC3)ccc2N1C(=O)C1CC1. The van der Waals surface area contributed by atoms with E-state index in [4.69, 9.17) is 0 Å². The van der Waals surface area contributed by atoms with E-state index < -0.39 is 10.0 Å². The molecule has 1 aliphatic heterocycles. The van der Waals surface area contributed by atoms with Crippen molar-refractivity contribution in [3.05, 3.63) is 23.8 Å². The van der Waals surface area contributed by atoms with Gasteiger partial charge in [0, 0.05) is 36.2 Å². The molecule has 186 valence electrons. The molecule has 5 rings (SSSR count). The second-order valence-corrected chi connectivity index (χ2v) is 12.7. The predicted octanol–water partition coefficient (Wildman–Crippen LogP) is 3.52. The smallest absolute Gasteiger partial charge is 0.240 e. The predicted molar refractivity (Wildman–Crippen MR) is 131 cm³/mol. The molecule has 3 aliphatic carbocycles. The first-order valence-electron chi connectivity index (χ1n) is 13.1. The van der Waals surface area contributed by atoms with Crippen LogP contribution in [0, 0.1) is 17.8 Å². The van der Waals surface area contributed by atoms with Crippen molar-refractivity contribution in [2.75, 3.05) is 11.4 Å². The molecule has 1 aromatic carbocycles. The van der Waals surface area contributed by atoms with E-state index in [0.717, 1.165) is 62.6 Å². The summed E-state index contributed by atoms with van der Waals surface area (Å²) in [7, 11) is -3.62. The molecule has 0 unspecified atom stereocenters. The summed E-state index contributed by atoms with van der Waals surface area (Å²) < 4.78 is 28.8. The van der Waals surface area contributed by atoms with Gasteiger partial charge in [0.05, 0.1) is 4.90 Å². The average Bonchev–Trinajstić information content (AvgIpc) is 3.45. The van der Waals surface area contributed by atoms with Crippen LogP contribution in [0.1, 0.15) is 76.7 Å². The first kappa shape index (κ1) is 23.8. The molecule has 1 atom stereocenters. The molecular weight excluding hydrogens is 450 g/mol. The quantitative estimate of drug-likeness (QED) is 0.615. The van der Waals surface area contributed by atoms with Crippen LogP contribution in [0.2, 0.25) is 0 Å². The van der Waals surface area contributed by atoms with Crippen molar-refractivity contribution in [2.45, 2.75) is 94.5 Å². The lowest BCUT2D eigenvalue weighted by Crippen LogP contribution is -2.39. The van der Waals surface area contributed by atoms with Gasteiger partial charge in [-0.15, -0.1) is 0 Å². The number of rotatable bonds is 7. The zero-order chi connectivity index (χ0) is 23.9. The number of nitrogens with one attached hydrogen (secondary N) is 2. The molecule has 2 N–H and O–H groups in total. The molecule has 3 fully saturated rings. The molecule has 0 bridgehead atoms. The van der Waals surface area contributed by atoms with Gasteiger partial charge in [-0.3, -0.25) is 9.59 Å². The highest BCUT2D eigenvalue weighted by Gasteiger charge is 2.40. The summed E-state index contributed by atoms with van der Waals surface area (Å²) in [5.41, 5.74) is 1.79. The molecule has 0 aromatic heterocycles.